The van der Waals surface area contributed by atoms with Gasteiger partial charge < -0.3 is 29.2 Å². The third kappa shape index (κ3) is 2.92. The first-order chi connectivity index (χ1) is 13.9. The minimum atomic E-state index is -1.48. The molecule has 0 radical (unpaired) electrons. The lowest BCUT2D eigenvalue weighted by molar-refractivity contribution is -0.362. The van der Waals surface area contributed by atoms with E-state index in [9.17, 15) is 15.0 Å². The Bertz CT molecular complexity index is 695. The highest BCUT2D eigenvalue weighted by Gasteiger charge is 2.71. The van der Waals surface area contributed by atoms with E-state index in [4.69, 9.17) is 18.9 Å². The van der Waals surface area contributed by atoms with E-state index in [1.165, 1.54) is 14.0 Å². The molecule has 30 heavy (non-hydrogen) atoms. The lowest BCUT2D eigenvalue weighted by atomic mass is 9.42. The van der Waals surface area contributed by atoms with Crippen LogP contribution in [0.15, 0.2) is 0 Å². The Labute approximate surface area is 179 Å². The molecule has 0 bridgehead atoms. The molecule has 4 fully saturated rings. The van der Waals surface area contributed by atoms with Gasteiger partial charge in [-0.1, -0.05) is 34.1 Å². The van der Waals surface area contributed by atoms with Gasteiger partial charge in [0, 0.05) is 25.4 Å². The maximum atomic E-state index is 11.9. The maximum absolute atomic E-state index is 11.9. The number of hydrogen-bond acceptors (Lipinski definition) is 7. The number of carbonyl (C=O) groups excluding carboxylic acids is 1. The lowest BCUT2D eigenvalue weighted by Gasteiger charge is -2.68. The van der Waals surface area contributed by atoms with Gasteiger partial charge in [0.2, 0.25) is 0 Å². The van der Waals surface area contributed by atoms with Gasteiger partial charge in [-0.05, 0) is 43.4 Å². The zero-order chi connectivity index (χ0) is 22.1. The molecule has 7 heteroatoms. The van der Waals surface area contributed by atoms with Crippen LogP contribution in [0.3, 0.4) is 0 Å². The Balaban J connectivity index is 1.74. The van der Waals surface area contributed by atoms with Gasteiger partial charge in [-0.3, -0.25) is 4.79 Å². The van der Waals surface area contributed by atoms with E-state index in [2.05, 4.69) is 27.7 Å². The molecule has 172 valence electrons. The van der Waals surface area contributed by atoms with Crippen molar-refractivity contribution in [1.82, 2.24) is 0 Å². The zero-order valence-electron chi connectivity index (χ0n) is 19.1. The van der Waals surface area contributed by atoms with Gasteiger partial charge in [-0.2, -0.15) is 0 Å². The van der Waals surface area contributed by atoms with Crippen molar-refractivity contribution in [3.63, 3.8) is 0 Å². The van der Waals surface area contributed by atoms with E-state index in [1.54, 1.807) is 0 Å². The Morgan fingerprint density at radius 2 is 1.83 bits per heavy atom. The van der Waals surface area contributed by atoms with E-state index < -0.39 is 29.9 Å². The van der Waals surface area contributed by atoms with Crippen molar-refractivity contribution in [2.45, 2.75) is 109 Å². The second-order valence-electron chi connectivity index (χ2n) is 11.0. The number of fused-ring (bicyclic) bond motifs is 3. The van der Waals surface area contributed by atoms with E-state index in [0.29, 0.717) is 19.3 Å². The van der Waals surface area contributed by atoms with E-state index in [1.807, 2.05) is 0 Å². The highest BCUT2D eigenvalue weighted by atomic mass is 16.8. The largest absolute Gasteiger partial charge is 0.462 e. The van der Waals surface area contributed by atoms with Crippen LogP contribution in [0.2, 0.25) is 0 Å². The van der Waals surface area contributed by atoms with Crippen LogP contribution in [-0.4, -0.2) is 59.3 Å². The van der Waals surface area contributed by atoms with Crippen molar-refractivity contribution in [3.8, 4) is 0 Å². The lowest BCUT2D eigenvalue weighted by Crippen LogP contribution is -2.71. The summed E-state index contributed by atoms with van der Waals surface area (Å²) in [6.45, 7) is 10.5. The summed E-state index contributed by atoms with van der Waals surface area (Å²) in [5.41, 5.74) is -2.28. The van der Waals surface area contributed by atoms with Gasteiger partial charge in [-0.15, -0.1) is 0 Å². The number of aliphatic hydroxyl groups excluding tert-OH is 1. The molecule has 0 aromatic carbocycles. The fraction of sp³-hybridized carbons (Fsp3) is 0.957. The number of carbonyl (C=O) groups is 1. The molecule has 4 aliphatic rings. The van der Waals surface area contributed by atoms with Crippen molar-refractivity contribution < 1.29 is 34.0 Å². The van der Waals surface area contributed by atoms with Gasteiger partial charge >= 0.3 is 5.97 Å². The van der Waals surface area contributed by atoms with Crippen LogP contribution in [0.25, 0.3) is 0 Å². The first-order valence-corrected chi connectivity index (χ1v) is 11.3. The molecule has 7 nitrogen and oxygen atoms in total. The van der Waals surface area contributed by atoms with Gasteiger partial charge in [-0.25, -0.2) is 0 Å². The molecule has 0 amide bonds. The Morgan fingerprint density at radius 3 is 2.47 bits per heavy atom. The first-order valence-electron chi connectivity index (χ1n) is 11.3. The summed E-state index contributed by atoms with van der Waals surface area (Å²) in [5, 5.41) is 21.8. The molecule has 2 saturated heterocycles. The summed E-state index contributed by atoms with van der Waals surface area (Å²) in [5.74, 6) is -0.00512. The van der Waals surface area contributed by atoms with Crippen molar-refractivity contribution in [2.75, 3.05) is 7.11 Å². The number of hydrogen-bond donors (Lipinski definition) is 2. The van der Waals surface area contributed by atoms with Crippen molar-refractivity contribution in [1.29, 1.82) is 0 Å². The third-order valence-electron chi connectivity index (χ3n) is 8.97. The minimum absolute atomic E-state index is 0.0114. The highest BCUT2D eigenvalue weighted by molar-refractivity contribution is 5.66. The van der Waals surface area contributed by atoms with Crippen LogP contribution in [-0.2, 0) is 23.7 Å². The summed E-state index contributed by atoms with van der Waals surface area (Å²) >= 11 is 0. The Morgan fingerprint density at radius 1 is 1.13 bits per heavy atom. The maximum Gasteiger partial charge on any atom is 0.302 e. The van der Waals surface area contributed by atoms with E-state index in [0.717, 1.165) is 19.3 Å². The zero-order valence-corrected chi connectivity index (χ0v) is 19.1. The van der Waals surface area contributed by atoms with E-state index in [-0.39, 0.29) is 34.7 Å². The smallest absolute Gasteiger partial charge is 0.302 e. The van der Waals surface area contributed by atoms with Crippen LogP contribution >= 0.6 is 0 Å². The van der Waals surface area contributed by atoms with Gasteiger partial charge in [0.05, 0.1) is 5.60 Å². The monoisotopic (exact) mass is 426 g/mol. The number of ether oxygens (including phenoxy) is 4. The van der Waals surface area contributed by atoms with Crippen LogP contribution < -0.4 is 0 Å². The number of aliphatic hydroxyl groups is 2. The molecule has 4 rings (SSSR count). The molecular formula is C23H38O7. The number of methoxy groups -OCH3 is 1. The SMILES string of the molecule is CO[C@H]1O[C@H]2O[C@]3(CC[C@@]2(O)[C@@H]1O)[C@H](C)C[C@@H](OC(C)=O)[C@H]1C(C)(C)CCC[C@@]13C. The van der Waals surface area contributed by atoms with Gasteiger partial charge in [0.25, 0.3) is 0 Å². The Kier molecular flexibility index (Phi) is 5.34. The molecule has 0 aromatic rings. The molecule has 1 spiro atoms. The molecule has 2 saturated carbocycles. The number of esters is 1. The fourth-order valence-electron chi connectivity index (χ4n) is 7.73. The molecule has 2 aliphatic heterocycles. The van der Waals surface area contributed by atoms with Crippen LogP contribution in [0.5, 0.6) is 0 Å². The first kappa shape index (κ1) is 22.5. The van der Waals surface area contributed by atoms with Gasteiger partial charge in [0.15, 0.2) is 12.6 Å². The molecule has 9 atom stereocenters. The van der Waals surface area contributed by atoms with Crippen LogP contribution in [0.4, 0.5) is 0 Å². The topological polar surface area (TPSA) is 94.5 Å². The summed E-state index contributed by atoms with van der Waals surface area (Å²) in [6.07, 6.45) is 1.66. The van der Waals surface area contributed by atoms with E-state index >= 15 is 0 Å². The predicted molar refractivity (Wildman–Crippen MR) is 108 cm³/mol. The molecule has 0 aromatic heterocycles. The van der Waals surface area contributed by atoms with Crippen molar-refractivity contribution in [2.24, 2.45) is 22.7 Å². The summed E-state index contributed by atoms with van der Waals surface area (Å²) in [4.78, 5) is 11.9. The quantitative estimate of drug-likeness (QED) is 0.656. The van der Waals surface area contributed by atoms with Crippen molar-refractivity contribution >= 4 is 5.97 Å². The predicted octanol–water partition coefficient (Wildman–Crippen LogP) is 2.76. The second-order valence-corrected chi connectivity index (χ2v) is 11.0. The van der Waals surface area contributed by atoms with Gasteiger partial charge in [0.1, 0.15) is 17.8 Å². The normalized spacial score (nSPS) is 52.5. The molecule has 2 aliphatic carbocycles. The molecule has 0 unspecified atom stereocenters. The third-order valence-corrected chi connectivity index (χ3v) is 8.97. The molecule has 2 N–H and O–H groups in total. The van der Waals surface area contributed by atoms with Crippen LogP contribution in [0.1, 0.15) is 73.1 Å². The Hall–Kier alpha value is -0.730. The summed E-state index contributed by atoms with van der Waals surface area (Å²) in [6, 6.07) is 0. The second kappa shape index (κ2) is 7.14. The molecular weight excluding hydrogens is 388 g/mol. The standard InChI is InChI=1S/C23H38O7/c1-13-12-15(28-14(2)24)16-20(3,4)8-7-9-21(16,5)23(13)11-10-22(26)17(25)18(27-6)29-19(22)30-23/h13,15-19,25-26H,7-12H2,1-6H3/t13-,15-,16+,17-,18+,19+,21+,22-,23-/m1/s1. The highest BCUT2D eigenvalue weighted by Crippen LogP contribution is 2.67. The molecule has 2 heterocycles. The van der Waals surface area contributed by atoms with Crippen molar-refractivity contribution in [3.05, 3.63) is 0 Å². The number of rotatable bonds is 2. The minimum Gasteiger partial charge on any atom is -0.462 e. The average molecular weight is 427 g/mol. The summed E-state index contributed by atoms with van der Waals surface area (Å²) in [7, 11) is 1.46. The fourth-order valence-corrected chi connectivity index (χ4v) is 7.73. The summed E-state index contributed by atoms with van der Waals surface area (Å²) < 4.78 is 23.7. The average Bonchev–Trinajstić information content (AvgIpc) is 2.89. The van der Waals surface area contributed by atoms with Crippen LogP contribution in [0, 0.1) is 22.7 Å².